The SMILES string of the molecule is C=CCc1ccccc1.[CH2]CC[Si](OCC)(OCC)OCC. The Bertz CT molecular complexity index is 338. The topological polar surface area (TPSA) is 27.7 Å². The second-order valence-corrected chi connectivity index (χ2v) is 7.30. The number of hydrogen-bond acceptors (Lipinski definition) is 3. The third-order valence-electron chi connectivity index (χ3n) is 2.80. The third-order valence-corrected chi connectivity index (χ3v) is 5.95. The molecule has 0 atom stereocenters. The van der Waals surface area contributed by atoms with Gasteiger partial charge >= 0.3 is 8.80 Å². The van der Waals surface area contributed by atoms with Crippen molar-refractivity contribution in [3.63, 3.8) is 0 Å². The van der Waals surface area contributed by atoms with Crippen LogP contribution in [0.1, 0.15) is 32.8 Å². The second-order valence-electron chi connectivity index (χ2n) is 4.56. The van der Waals surface area contributed by atoms with Gasteiger partial charge in [0.15, 0.2) is 0 Å². The molecule has 0 aliphatic carbocycles. The standard InChI is InChI=1S/C9H21O3Si.C9H10/c1-5-9-13(10-6-2,11-7-3)12-8-4;1-2-6-9-7-4-3-5-8-9/h1,5-9H2,2-4H3;2-5,7-8H,1,6H2. The Balaban J connectivity index is 0.000000425. The lowest BCUT2D eigenvalue weighted by molar-refractivity contribution is 0.0715. The molecule has 0 bridgehead atoms. The first-order chi connectivity index (χ1) is 10.7. The van der Waals surface area contributed by atoms with Gasteiger partial charge in [0.2, 0.25) is 0 Å². The third kappa shape index (κ3) is 9.15. The molecule has 1 aromatic carbocycles. The molecule has 0 aliphatic rings. The molecule has 0 saturated heterocycles. The number of benzene rings is 1. The van der Waals surface area contributed by atoms with E-state index in [-0.39, 0.29) is 0 Å². The van der Waals surface area contributed by atoms with Gasteiger partial charge in [-0.25, -0.2) is 0 Å². The molecule has 22 heavy (non-hydrogen) atoms. The maximum atomic E-state index is 5.61. The molecule has 1 rings (SSSR count). The number of hydrogen-bond donors (Lipinski definition) is 0. The Hall–Kier alpha value is -0.943. The predicted molar refractivity (Wildman–Crippen MR) is 95.8 cm³/mol. The van der Waals surface area contributed by atoms with E-state index in [1.165, 1.54) is 5.56 Å². The van der Waals surface area contributed by atoms with Gasteiger partial charge in [-0.1, -0.05) is 43.3 Å². The van der Waals surface area contributed by atoms with Crippen LogP contribution in [0.25, 0.3) is 0 Å². The van der Waals surface area contributed by atoms with E-state index in [1.54, 1.807) is 0 Å². The van der Waals surface area contributed by atoms with E-state index >= 15 is 0 Å². The zero-order valence-electron chi connectivity index (χ0n) is 14.3. The van der Waals surface area contributed by atoms with Crippen molar-refractivity contribution in [1.29, 1.82) is 0 Å². The fourth-order valence-corrected chi connectivity index (χ4v) is 4.43. The van der Waals surface area contributed by atoms with Crippen LogP contribution in [0, 0.1) is 6.92 Å². The molecular formula is C18H31O3Si. The van der Waals surface area contributed by atoms with Gasteiger partial charge in [0.25, 0.3) is 0 Å². The summed E-state index contributed by atoms with van der Waals surface area (Å²) in [6, 6.07) is 11.1. The number of allylic oxidation sites excluding steroid dienone is 1. The van der Waals surface area contributed by atoms with Crippen molar-refractivity contribution in [2.75, 3.05) is 19.8 Å². The van der Waals surface area contributed by atoms with E-state index < -0.39 is 8.80 Å². The van der Waals surface area contributed by atoms with E-state index in [4.69, 9.17) is 13.3 Å². The number of rotatable bonds is 10. The molecule has 0 N–H and O–H groups in total. The molecule has 3 nitrogen and oxygen atoms in total. The lowest BCUT2D eigenvalue weighted by Gasteiger charge is -2.27. The lowest BCUT2D eigenvalue weighted by Crippen LogP contribution is -2.45. The predicted octanol–water partition coefficient (Wildman–Crippen LogP) is 4.67. The molecule has 0 spiro atoms. The highest BCUT2D eigenvalue weighted by atomic mass is 28.4. The average molecular weight is 324 g/mol. The van der Waals surface area contributed by atoms with Crippen LogP contribution in [-0.4, -0.2) is 28.6 Å². The van der Waals surface area contributed by atoms with Crippen molar-refractivity contribution in [3.8, 4) is 0 Å². The molecular weight excluding hydrogens is 292 g/mol. The highest BCUT2D eigenvalue weighted by molar-refractivity contribution is 6.60. The van der Waals surface area contributed by atoms with Crippen molar-refractivity contribution in [3.05, 3.63) is 55.5 Å². The minimum absolute atomic E-state index is 0.645. The van der Waals surface area contributed by atoms with Gasteiger partial charge in [-0.3, -0.25) is 0 Å². The zero-order valence-corrected chi connectivity index (χ0v) is 15.3. The van der Waals surface area contributed by atoms with Crippen molar-refractivity contribution >= 4 is 8.80 Å². The highest BCUT2D eigenvalue weighted by Gasteiger charge is 2.38. The van der Waals surface area contributed by atoms with E-state index in [1.807, 2.05) is 45.0 Å². The molecule has 0 aromatic heterocycles. The van der Waals surface area contributed by atoms with Crippen LogP contribution >= 0.6 is 0 Å². The van der Waals surface area contributed by atoms with Crippen molar-refractivity contribution < 1.29 is 13.3 Å². The van der Waals surface area contributed by atoms with Crippen molar-refractivity contribution in [2.24, 2.45) is 0 Å². The smallest absolute Gasteiger partial charge is 0.374 e. The van der Waals surface area contributed by atoms with E-state index in [0.717, 1.165) is 18.9 Å². The summed E-state index contributed by atoms with van der Waals surface area (Å²) in [7, 11) is -2.36. The summed E-state index contributed by atoms with van der Waals surface area (Å²) in [5.41, 5.74) is 1.33. The Labute approximate surface area is 137 Å². The average Bonchev–Trinajstić information content (AvgIpc) is 2.50. The van der Waals surface area contributed by atoms with Crippen LogP contribution in [-0.2, 0) is 19.7 Å². The van der Waals surface area contributed by atoms with Crippen LogP contribution in [0.2, 0.25) is 6.04 Å². The molecule has 0 unspecified atom stereocenters. The summed E-state index contributed by atoms with van der Waals surface area (Å²) in [6.45, 7) is 15.3. The normalized spacial score (nSPS) is 10.7. The molecule has 0 saturated carbocycles. The van der Waals surface area contributed by atoms with Gasteiger partial charge in [0.05, 0.1) is 0 Å². The Kier molecular flexibility index (Phi) is 13.1. The first-order valence-electron chi connectivity index (χ1n) is 8.03. The molecule has 125 valence electrons. The Morgan fingerprint density at radius 1 is 0.955 bits per heavy atom. The minimum atomic E-state index is -2.36. The molecule has 0 aliphatic heterocycles. The van der Waals surface area contributed by atoms with Gasteiger partial charge < -0.3 is 13.3 Å². The quantitative estimate of drug-likeness (QED) is 0.462. The van der Waals surface area contributed by atoms with Crippen LogP contribution in [0.3, 0.4) is 0 Å². The largest absolute Gasteiger partial charge is 0.500 e. The maximum Gasteiger partial charge on any atom is 0.500 e. The van der Waals surface area contributed by atoms with Gasteiger partial charge in [-0.2, -0.15) is 0 Å². The molecule has 4 heteroatoms. The van der Waals surface area contributed by atoms with Crippen LogP contribution in [0.4, 0.5) is 0 Å². The van der Waals surface area contributed by atoms with Crippen molar-refractivity contribution in [1.82, 2.24) is 0 Å². The first-order valence-corrected chi connectivity index (χ1v) is 9.97. The zero-order chi connectivity index (χ0) is 16.7. The second kappa shape index (κ2) is 13.7. The van der Waals surface area contributed by atoms with Gasteiger partial charge in [-0.15, -0.1) is 6.58 Å². The molecule has 0 heterocycles. The summed E-state index contributed by atoms with van der Waals surface area (Å²) in [5, 5.41) is 0. The lowest BCUT2D eigenvalue weighted by atomic mass is 10.2. The fourth-order valence-electron chi connectivity index (χ4n) is 2.00. The van der Waals surface area contributed by atoms with Gasteiger partial charge in [0.1, 0.15) is 0 Å². The van der Waals surface area contributed by atoms with Crippen LogP contribution < -0.4 is 0 Å². The van der Waals surface area contributed by atoms with E-state index in [2.05, 4.69) is 25.6 Å². The summed E-state index contributed by atoms with van der Waals surface area (Å²) in [6.07, 6.45) is 3.68. The summed E-state index contributed by atoms with van der Waals surface area (Å²) in [4.78, 5) is 0. The molecule has 0 fully saturated rings. The minimum Gasteiger partial charge on any atom is -0.374 e. The van der Waals surface area contributed by atoms with Crippen LogP contribution in [0.5, 0.6) is 0 Å². The summed E-state index contributed by atoms with van der Waals surface area (Å²) in [5.74, 6) is 0. The van der Waals surface area contributed by atoms with Crippen LogP contribution in [0.15, 0.2) is 43.0 Å². The molecule has 0 amide bonds. The summed E-state index contributed by atoms with van der Waals surface area (Å²) >= 11 is 0. The Morgan fingerprint density at radius 2 is 1.45 bits per heavy atom. The van der Waals surface area contributed by atoms with E-state index in [9.17, 15) is 0 Å². The molecule has 1 radical (unpaired) electrons. The highest BCUT2D eigenvalue weighted by Crippen LogP contribution is 2.17. The summed E-state index contributed by atoms with van der Waals surface area (Å²) < 4.78 is 16.8. The van der Waals surface area contributed by atoms with Gasteiger partial charge in [-0.05, 0) is 39.2 Å². The first kappa shape index (κ1) is 21.1. The maximum absolute atomic E-state index is 5.61. The Morgan fingerprint density at radius 3 is 1.82 bits per heavy atom. The van der Waals surface area contributed by atoms with Gasteiger partial charge in [0, 0.05) is 25.9 Å². The molecule has 1 aromatic rings. The van der Waals surface area contributed by atoms with Crippen molar-refractivity contribution in [2.45, 2.75) is 39.7 Å². The monoisotopic (exact) mass is 323 g/mol. The fraction of sp³-hybridized carbons (Fsp3) is 0.500. The van der Waals surface area contributed by atoms with E-state index in [0.29, 0.717) is 19.8 Å².